The first kappa shape index (κ1) is 12.2. The first-order chi connectivity index (χ1) is 8.24. The second-order valence-electron chi connectivity index (χ2n) is 4.00. The summed E-state index contributed by atoms with van der Waals surface area (Å²) in [5.41, 5.74) is 6.75. The average Bonchev–Trinajstić information content (AvgIpc) is 2.34. The van der Waals surface area contributed by atoms with Crippen LogP contribution in [0.2, 0.25) is 0 Å². The molecule has 0 saturated carbocycles. The van der Waals surface area contributed by atoms with Crippen LogP contribution in [0, 0.1) is 0 Å². The molecule has 4 heteroatoms. The van der Waals surface area contributed by atoms with Crippen LogP contribution in [0.15, 0.2) is 28.9 Å². The maximum atomic E-state index is 5.97. The number of nitrogens with zero attached hydrogens (tertiary/aromatic N) is 1. The molecule has 0 unspecified atom stereocenters. The van der Waals surface area contributed by atoms with E-state index in [9.17, 15) is 0 Å². The van der Waals surface area contributed by atoms with E-state index in [0.717, 1.165) is 39.7 Å². The molecule has 0 bridgehead atoms. The molecular formula is C13H16BrN3. The Morgan fingerprint density at radius 1 is 1.35 bits per heavy atom. The minimum absolute atomic E-state index is 0.782. The summed E-state index contributed by atoms with van der Waals surface area (Å²) < 4.78 is 1.02. The Balaban J connectivity index is 2.45. The Kier molecular flexibility index (Phi) is 3.84. The third-order valence-electron chi connectivity index (χ3n) is 2.73. The van der Waals surface area contributed by atoms with Crippen LogP contribution in [0.3, 0.4) is 0 Å². The Bertz CT molecular complexity index is 525. The zero-order valence-electron chi connectivity index (χ0n) is 9.83. The van der Waals surface area contributed by atoms with Crippen molar-refractivity contribution in [2.75, 3.05) is 17.6 Å². The van der Waals surface area contributed by atoms with Crippen LogP contribution in [0.1, 0.15) is 19.8 Å². The monoisotopic (exact) mass is 293 g/mol. The predicted molar refractivity (Wildman–Crippen MR) is 77.3 cm³/mol. The van der Waals surface area contributed by atoms with Crippen molar-refractivity contribution >= 4 is 38.2 Å². The molecule has 1 aromatic heterocycles. The average molecular weight is 294 g/mol. The number of hydrogen-bond acceptors (Lipinski definition) is 3. The van der Waals surface area contributed by atoms with Gasteiger partial charge in [-0.25, -0.2) is 4.98 Å². The second-order valence-corrected chi connectivity index (χ2v) is 4.85. The normalized spacial score (nSPS) is 10.7. The Morgan fingerprint density at radius 2 is 2.18 bits per heavy atom. The number of rotatable bonds is 4. The highest BCUT2D eigenvalue weighted by atomic mass is 79.9. The first-order valence-corrected chi connectivity index (χ1v) is 6.60. The van der Waals surface area contributed by atoms with Crippen molar-refractivity contribution in [1.82, 2.24) is 4.98 Å². The molecule has 0 amide bonds. The molecular weight excluding hydrogens is 278 g/mol. The van der Waals surface area contributed by atoms with Crippen LogP contribution in [-0.2, 0) is 0 Å². The van der Waals surface area contributed by atoms with E-state index in [1.165, 1.54) is 6.42 Å². The lowest BCUT2D eigenvalue weighted by atomic mass is 10.1. The Hall–Kier alpha value is -1.29. The number of unbranched alkanes of at least 4 members (excludes halogenated alkanes) is 1. The highest BCUT2D eigenvalue weighted by Crippen LogP contribution is 2.32. The van der Waals surface area contributed by atoms with Crippen molar-refractivity contribution in [2.45, 2.75) is 19.8 Å². The van der Waals surface area contributed by atoms with Crippen molar-refractivity contribution in [1.29, 1.82) is 0 Å². The Labute approximate surface area is 110 Å². The zero-order valence-corrected chi connectivity index (χ0v) is 11.4. The van der Waals surface area contributed by atoms with Gasteiger partial charge in [-0.1, -0.05) is 29.3 Å². The zero-order chi connectivity index (χ0) is 12.3. The van der Waals surface area contributed by atoms with Gasteiger partial charge in [0.25, 0.3) is 0 Å². The number of aromatic nitrogens is 1. The minimum Gasteiger partial charge on any atom is -0.398 e. The maximum Gasteiger partial charge on any atom is 0.135 e. The summed E-state index contributed by atoms with van der Waals surface area (Å²) in [6.07, 6.45) is 4.10. The van der Waals surface area contributed by atoms with Crippen LogP contribution < -0.4 is 11.1 Å². The number of pyridine rings is 1. The van der Waals surface area contributed by atoms with E-state index < -0.39 is 0 Å². The number of nitrogens with one attached hydrogen (secondary N) is 1. The molecule has 2 aromatic rings. The molecule has 17 heavy (non-hydrogen) atoms. The molecule has 0 radical (unpaired) electrons. The standard InChI is InChI=1S/C13H16BrN3/c1-2-3-7-16-13-12-9(6-8-17-13)11(15)5-4-10(12)14/h4-6,8H,2-3,7,15H2,1H3,(H,16,17). The number of nitrogen functional groups attached to an aromatic ring is 1. The second kappa shape index (κ2) is 5.36. The molecule has 1 aromatic carbocycles. The molecule has 1 heterocycles. The van der Waals surface area contributed by atoms with E-state index in [1.807, 2.05) is 18.2 Å². The molecule has 0 aliphatic rings. The molecule has 90 valence electrons. The van der Waals surface area contributed by atoms with Crippen molar-refractivity contribution < 1.29 is 0 Å². The molecule has 0 fully saturated rings. The molecule has 2 rings (SSSR count). The van der Waals surface area contributed by atoms with E-state index in [4.69, 9.17) is 5.73 Å². The number of fused-ring (bicyclic) bond motifs is 1. The fourth-order valence-corrected chi connectivity index (χ4v) is 2.33. The van der Waals surface area contributed by atoms with Crippen LogP contribution in [0.5, 0.6) is 0 Å². The summed E-state index contributed by atoms with van der Waals surface area (Å²) in [4.78, 5) is 4.38. The van der Waals surface area contributed by atoms with Gasteiger partial charge < -0.3 is 11.1 Å². The number of benzene rings is 1. The third kappa shape index (κ3) is 2.52. The molecule has 0 aliphatic heterocycles. The number of anilines is 2. The molecule has 0 aliphatic carbocycles. The van der Waals surface area contributed by atoms with Gasteiger partial charge >= 0.3 is 0 Å². The SMILES string of the molecule is CCCCNc1nccc2c(N)ccc(Br)c12. The van der Waals surface area contributed by atoms with Crippen molar-refractivity contribution in [3.8, 4) is 0 Å². The molecule has 0 atom stereocenters. The van der Waals surface area contributed by atoms with Gasteiger partial charge in [-0.15, -0.1) is 0 Å². The van der Waals surface area contributed by atoms with E-state index in [2.05, 4.69) is 33.2 Å². The molecule has 0 spiro atoms. The largest absolute Gasteiger partial charge is 0.398 e. The van der Waals surface area contributed by atoms with Gasteiger partial charge in [0.2, 0.25) is 0 Å². The number of hydrogen-bond donors (Lipinski definition) is 2. The topological polar surface area (TPSA) is 50.9 Å². The summed E-state index contributed by atoms with van der Waals surface area (Å²) in [7, 11) is 0. The Morgan fingerprint density at radius 3 is 2.94 bits per heavy atom. The number of nitrogens with two attached hydrogens (primary N) is 1. The van der Waals surface area contributed by atoms with E-state index >= 15 is 0 Å². The van der Waals surface area contributed by atoms with Gasteiger partial charge in [-0.05, 0) is 24.6 Å². The summed E-state index contributed by atoms with van der Waals surface area (Å²) in [6, 6.07) is 5.81. The molecule has 3 N–H and O–H groups in total. The summed E-state index contributed by atoms with van der Waals surface area (Å²) in [5.74, 6) is 0.898. The quantitative estimate of drug-likeness (QED) is 0.666. The summed E-state index contributed by atoms with van der Waals surface area (Å²) in [6.45, 7) is 3.11. The smallest absolute Gasteiger partial charge is 0.135 e. The van der Waals surface area contributed by atoms with Crippen LogP contribution in [0.4, 0.5) is 11.5 Å². The lowest BCUT2D eigenvalue weighted by Gasteiger charge is -2.11. The van der Waals surface area contributed by atoms with Crippen molar-refractivity contribution in [3.05, 3.63) is 28.9 Å². The van der Waals surface area contributed by atoms with E-state index in [0.29, 0.717) is 0 Å². The van der Waals surface area contributed by atoms with Gasteiger partial charge in [0.1, 0.15) is 5.82 Å². The fraction of sp³-hybridized carbons (Fsp3) is 0.308. The lowest BCUT2D eigenvalue weighted by molar-refractivity contribution is 0.832. The number of halogens is 1. The van der Waals surface area contributed by atoms with Gasteiger partial charge in [0.05, 0.1) is 0 Å². The van der Waals surface area contributed by atoms with Crippen molar-refractivity contribution in [2.24, 2.45) is 0 Å². The minimum atomic E-state index is 0.782. The first-order valence-electron chi connectivity index (χ1n) is 5.80. The van der Waals surface area contributed by atoms with Crippen LogP contribution in [-0.4, -0.2) is 11.5 Å². The summed E-state index contributed by atoms with van der Waals surface area (Å²) in [5, 5.41) is 5.45. The highest BCUT2D eigenvalue weighted by Gasteiger charge is 2.07. The van der Waals surface area contributed by atoms with Gasteiger partial charge in [0, 0.05) is 33.7 Å². The van der Waals surface area contributed by atoms with Crippen molar-refractivity contribution in [3.63, 3.8) is 0 Å². The van der Waals surface area contributed by atoms with Gasteiger partial charge in [0.15, 0.2) is 0 Å². The van der Waals surface area contributed by atoms with Gasteiger partial charge in [-0.2, -0.15) is 0 Å². The van der Waals surface area contributed by atoms with Crippen LogP contribution in [0.25, 0.3) is 10.8 Å². The van der Waals surface area contributed by atoms with E-state index in [-0.39, 0.29) is 0 Å². The fourth-order valence-electron chi connectivity index (χ4n) is 1.80. The van der Waals surface area contributed by atoms with Crippen LogP contribution >= 0.6 is 15.9 Å². The highest BCUT2D eigenvalue weighted by molar-refractivity contribution is 9.10. The lowest BCUT2D eigenvalue weighted by Crippen LogP contribution is -2.04. The maximum absolute atomic E-state index is 5.97. The predicted octanol–water partition coefficient (Wildman–Crippen LogP) is 3.79. The van der Waals surface area contributed by atoms with E-state index in [1.54, 1.807) is 6.20 Å². The van der Waals surface area contributed by atoms with Gasteiger partial charge in [-0.3, -0.25) is 0 Å². The molecule has 3 nitrogen and oxygen atoms in total. The summed E-state index contributed by atoms with van der Waals surface area (Å²) >= 11 is 3.56. The third-order valence-corrected chi connectivity index (χ3v) is 3.39. The molecule has 0 saturated heterocycles.